The lowest BCUT2D eigenvalue weighted by Crippen LogP contribution is -2.10. The predicted molar refractivity (Wildman–Crippen MR) is 61.9 cm³/mol. The zero-order chi connectivity index (χ0) is 11.1. The van der Waals surface area contributed by atoms with E-state index in [1.807, 2.05) is 12.1 Å². The van der Waals surface area contributed by atoms with E-state index in [0.717, 1.165) is 37.3 Å². The second kappa shape index (κ2) is 6.40. The van der Waals surface area contributed by atoms with Crippen molar-refractivity contribution in [2.45, 2.75) is 39.2 Å². The summed E-state index contributed by atoms with van der Waals surface area (Å²) in [5, 5.41) is 0. The highest BCUT2D eigenvalue weighted by Gasteiger charge is 2.04. The van der Waals surface area contributed by atoms with E-state index in [1.165, 1.54) is 0 Å². The molecule has 15 heavy (non-hydrogen) atoms. The molecule has 0 fully saturated rings. The fourth-order valence-electron chi connectivity index (χ4n) is 1.24. The van der Waals surface area contributed by atoms with Crippen LogP contribution in [0.3, 0.4) is 0 Å². The molecule has 0 radical (unpaired) electrons. The molecule has 0 aromatic carbocycles. The summed E-state index contributed by atoms with van der Waals surface area (Å²) in [6.45, 7) is 4.96. The first-order chi connectivity index (χ1) is 7.27. The lowest BCUT2D eigenvalue weighted by molar-refractivity contribution is 0.308. The topological polar surface area (TPSA) is 48.1 Å². The number of rotatable bonds is 6. The van der Waals surface area contributed by atoms with E-state index < -0.39 is 0 Å². The first-order valence-corrected chi connectivity index (χ1v) is 5.62. The Balaban J connectivity index is 2.49. The summed E-state index contributed by atoms with van der Waals surface area (Å²) in [6.07, 6.45) is 4.88. The smallest absolute Gasteiger partial charge is 0.137 e. The molecule has 1 atom stereocenters. The average Bonchev–Trinajstić information content (AvgIpc) is 2.29. The van der Waals surface area contributed by atoms with Crippen molar-refractivity contribution in [1.29, 1.82) is 0 Å². The molecule has 0 aliphatic rings. The molecule has 0 unspecified atom stereocenters. The Kier molecular flexibility index (Phi) is 5.12. The van der Waals surface area contributed by atoms with Gasteiger partial charge < -0.3 is 10.5 Å². The molecule has 3 nitrogen and oxygen atoms in total. The normalized spacial score (nSPS) is 12.5. The Hall–Kier alpha value is -1.09. The average molecular weight is 208 g/mol. The molecule has 0 saturated carbocycles. The number of aromatic nitrogens is 1. The lowest BCUT2D eigenvalue weighted by atomic mass is 10.1. The molecule has 1 aromatic heterocycles. The fraction of sp³-hybridized carbons (Fsp3) is 0.583. The second-order valence-corrected chi connectivity index (χ2v) is 3.64. The second-order valence-electron chi connectivity index (χ2n) is 3.64. The summed E-state index contributed by atoms with van der Waals surface area (Å²) in [7, 11) is 0. The third-order valence-corrected chi connectivity index (χ3v) is 2.35. The van der Waals surface area contributed by atoms with E-state index in [-0.39, 0.29) is 6.04 Å². The van der Waals surface area contributed by atoms with Gasteiger partial charge in [0.15, 0.2) is 0 Å². The Morgan fingerprint density at radius 1 is 1.40 bits per heavy atom. The molecule has 3 heteroatoms. The maximum atomic E-state index is 5.86. The van der Waals surface area contributed by atoms with Crippen molar-refractivity contribution in [1.82, 2.24) is 4.98 Å². The summed E-state index contributed by atoms with van der Waals surface area (Å²) in [6, 6.07) is 3.91. The summed E-state index contributed by atoms with van der Waals surface area (Å²) in [5.74, 6) is 0.829. The highest BCUT2D eigenvalue weighted by atomic mass is 16.5. The molecule has 0 aliphatic carbocycles. The number of nitrogens with zero attached hydrogens (tertiary/aromatic N) is 1. The molecule has 0 spiro atoms. The van der Waals surface area contributed by atoms with E-state index in [1.54, 1.807) is 6.20 Å². The minimum atomic E-state index is 0.0368. The minimum absolute atomic E-state index is 0.0368. The summed E-state index contributed by atoms with van der Waals surface area (Å²) in [4.78, 5) is 4.28. The van der Waals surface area contributed by atoms with Crippen molar-refractivity contribution in [2.75, 3.05) is 6.61 Å². The zero-order valence-corrected chi connectivity index (χ0v) is 9.57. The van der Waals surface area contributed by atoms with Crippen LogP contribution in [0.4, 0.5) is 0 Å². The van der Waals surface area contributed by atoms with Crippen LogP contribution in [0.25, 0.3) is 0 Å². The summed E-state index contributed by atoms with van der Waals surface area (Å²) >= 11 is 0. The van der Waals surface area contributed by atoms with Crippen LogP contribution in [0.15, 0.2) is 18.3 Å². The largest absolute Gasteiger partial charge is 0.492 e. The highest BCUT2D eigenvalue weighted by molar-refractivity contribution is 5.21. The number of ether oxygens (including phenoxy) is 1. The van der Waals surface area contributed by atoms with Crippen LogP contribution >= 0.6 is 0 Å². The van der Waals surface area contributed by atoms with Crippen LogP contribution in [0.1, 0.15) is 44.8 Å². The van der Waals surface area contributed by atoms with Gasteiger partial charge >= 0.3 is 0 Å². The van der Waals surface area contributed by atoms with Gasteiger partial charge in [0.2, 0.25) is 0 Å². The SMILES string of the molecule is CCCCOc1ccc([C@@H](N)CC)nc1. The van der Waals surface area contributed by atoms with Crippen LogP contribution in [-0.2, 0) is 0 Å². The number of hydrogen-bond acceptors (Lipinski definition) is 3. The number of pyridine rings is 1. The Labute approximate surface area is 91.7 Å². The Morgan fingerprint density at radius 2 is 2.20 bits per heavy atom. The van der Waals surface area contributed by atoms with Crippen molar-refractivity contribution >= 4 is 0 Å². The first kappa shape index (κ1) is 12.0. The van der Waals surface area contributed by atoms with Gasteiger partial charge in [-0.25, -0.2) is 0 Å². The van der Waals surface area contributed by atoms with Crippen molar-refractivity contribution in [2.24, 2.45) is 5.73 Å². The molecule has 84 valence electrons. The van der Waals surface area contributed by atoms with Crippen molar-refractivity contribution in [3.8, 4) is 5.75 Å². The molecule has 0 saturated heterocycles. The van der Waals surface area contributed by atoms with Crippen LogP contribution in [0.5, 0.6) is 5.75 Å². The van der Waals surface area contributed by atoms with Gasteiger partial charge in [0.25, 0.3) is 0 Å². The van der Waals surface area contributed by atoms with Crippen LogP contribution in [0.2, 0.25) is 0 Å². The molecule has 0 bridgehead atoms. The van der Waals surface area contributed by atoms with E-state index >= 15 is 0 Å². The van der Waals surface area contributed by atoms with E-state index in [2.05, 4.69) is 18.8 Å². The molecule has 0 aliphatic heterocycles. The minimum Gasteiger partial charge on any atom is -0.492 e. The van der Waals surface area contributed by atoms with Crippen LogP contribution < -0.4 is 10.5 Å². The van der Waals surface area contributed by atoms with Gasteiger partial charge in [-0.1, -0.05) is 20.3 Å². The quantitative estimate of drug-likeness (QED) is 0.731. The maximum Gasteiger partial charge on any atom is 0.137 e. The van der Waals surface area contributed by atoms with Gasteiger partial charge in [-0.05, 0) is 25.0 Å². The van der Waals surface area contributed by atoms with E-state index in [4.69, 9.17) is 10.5 Å². The fourth-order valence-corrected chi connectivity index (χ4v) is 1.24. The third kappa shape index (κ3) is 3.88. The van der Waals surface area contributed by atoms with Crippen molar-refractivity contribution < 1.29 is 4.74 Å². The van der Waals surface area contributed by atoms with Crippen LogP contribution in [-0.4, -0.2) is 11.6 Å². The van der Waals surface area contributed by atoms with Gasteiger partial charge in [0.05, 0.1) is 18.5 Å². The molecular formula is C12H20N2O. The molecule has 1 heterocycles. The van der Waals surface area contributed by atoms with Crippen molar-refractivity contribution in [3.05, 3.63) is 24.0 Å². The van der Waals surface area contributed by atoms with Gasteiger partial charge in [-0.3, -0.25) is 4.98 Å². The van der Waals surface area contributed by atoms with Gasteiger partial charge in [0, 0.05) is 6.04 Å². The predicted octanol–water partition coefficient (Wildman–Crippen LogP) is 2.67. The Bertz CT molecular complexity index is 271. The van der Waals surface area contributed by atoms with Gasteiger partial charge in [-0.2, -0.15) is 0 Å². The molecule has 1 rings (SSSR count). The maximum absolute atomic E-state index is 5.86. The number of hydrogen-bond donors (Lipinski definition) is 1. The van der Waals surface area contributed by atoms with E-state index in [9.17, 15) is 0 Å². The summed E-state index contributed by atoms with van der Waals surface area (Å²) < 4.78 is 5.51. The monoisotopic (exact) mass is 208 g/mol. The molecule has 1 aromatic rings. The molecular weight excluding hydrogens is 188 g/mol. The van der Waals surface area contributed by atoms with Gasteiger partial charge in [-0.15, -0.1) is 0 Å². The Morgan fingerprint density at radius 3 is 2.73 bits per heavy atom. The van der Waals surface area contributed by atoms with Crippen molar-refractivity contribution in [3.63, 3.8) is 0 Å². The molecule has 2 N–H and O–H groups in total. The first-order valence-electron chi connectivity index (χ1n) is 5.62. The van der Waals surface area contributed by atoms with Crippen LogP contribution in [0, 0.1) is 0 Å². The summed E-state index contributed by atoms with van der Waals surface area (Å²) in [5.41, 5.74) is 6.79. The number of unbranched alkanes of at least 4 members (excludes halogenated alkanes) is 1. The van der Waals surface area contributed by atoms with Gasteiger partial charge in [0.1, 0.15) is 5.75 Å². The standard InChI is InChI=1S/C12H20N2O/c1-3-5-8-15-10-6-7-12(14-9-10)11(13)4-2/h6-7,9,11H,3-5,8,13H2,1-2H3/t11-/m0/s1. The van der Waals surface area contributed by atoms with E-state index in [0.29, 0.717) is 0 Å². The molecule has 0 amide bonds. The highest BCUT2D eigenvalue weighted by Crippen LogP contribution is 2.15. The zero-order valence-electron chi connectivity index (χ0n) is 9.57. The lowest BCUT2D eigenvalue weighted by Gasteiger charge is -2.09. The number of nitrogens with two attached hydrogens (primary N) is 1. The third-order valence-electron chi connectivity index (χ3n) is 2.35.